The molecule has 1 aliphatic heterocycles. The van der Waals surface area contributed by atoms with Crippen LogP contribution in [0.25, 0.3) is 0 Å². The van der Waals surface area contributed by atoms with E-state index in [9.17, 15) is 0 Å². The fourth-order valence-electron chi connectivity index (χ4n) is 1.44. The van der Waals surface area contributed by atoms with Crippen molar-refractivity contribution in [3.63, 3.8) is 0 Å². The van der Waals surface area contributed by atoms with Gasteiger partial charge in [-0.2, -0.15) is 0 Å². The molecule has 0 aliphatic carbocycles. The number of rotatable bonds is 2. The SMILES string of the molecule is OCc1ccnc(C2CCCO2)n1. The Labute approximate surface area is 76.6 Å². The molecule has 1 saturated heterocycles. The molecule has 1 aromatic heterocycles. The third-order valence-corrected chi connectivity index (χ3v) is 2.11. The zero-order valence-corrected chi connectivity index (χ0v) is 7.31. The number of ether oxygens (including phenoxy) is 1. The summed E-state index contributed by atoms with van der Waals surface area (Å²) in [6.07, 6.45) is 3.74. The van der Waals surface area contributed by atoms with E-state index in [-0.39, 0.29) is 12.7 Å². The maximum atomic E-state index is 8.87. The lowest BCUT2D eigenvalue weighted by Gasteiger charge is -2.07. The van der Waals surface area contributed by atoms with Crippen molar-refractivity contribution in [2.45, 2.75) is 25.6 Å². The lowest BCUT2D eigenvalue weighted by Crippen LogP contribution is -2.04. The molecule has 1 fully saturated rings. The molecule has 0 aromatic carbocycles. The first-order chi connectivity index (χ1) is 6.40. The molecule has 1 aliphatic rings. The van der Waals surface area contributed by atoms with Crippen molar-refractivity contribution in [2.75, 3.05) is 6.61 Å². The van der Waals surface area contributed by atoms with Crippen molar-refractivity contribution < 1.29 is 9.84 Å². The molecule has 1 atom stereocenters. The number of aromatic nitrogens is 2. The predicted molar refractivity (Wildman–Crippen MR) is 45.9 cm³/mol. The van der Waals surface area contributed by atoms with E-state index in [2.05, 4.69) is 9.97 Å². The minimum absolute atomic E-state index is 0.0338. The Morgan fingerprint density at radius 3 is 3.23 bits per heavy atom. The van der Waals surface area contributed by atoms with Gasteiger partial charge in [0.05, 0.1) is 12.3 Å². The first-order valence-electron chi connectivity index (χ1n) is 4.44. The molecule has 4 nitrogen and oxygen atoms in total. The van der Waals surface area contributed by atoms with Crippen molar-refractivity contribution in [1.82, 2.24) is 9.97 Å². The lowest BCUT2D eigenvalue weighted by atomic mass is 10.2. The second kappa shape index (κ2) is 3.81. The monoisotopic (exact) mass is 180 g/mol. The Kier molecular flexibility index (Phi) is 2.52. The van der Waals surface area contributed by atoms with E-state index in [1.165, 1.54) is 0 Å². The molecule has 0 radical (unpaired) electrons. The average molecular weight is 180 g/mol. The van der Waals surface area contributed by atoms with Crippen molar-refractivity contribution in [3.8, 4) is 0 Å². The summed E-state index contributed by atoms with van der Waals surface area (Å²) >= 11 is 0. The standard InChI is InChI=1S/C9H12N2O2/c12-6-7-3-4-10-9(11-7)8-2-1-5-13-8/h3-4,8,12H,1-2,5-6H2. The molecule has 70 valence electrons. The molecule has 2 rings (SSSR count). The Morgan fingerprint density at radius 1 is 1.62 bits per heavy atom. The van der Waals surface area contributed by atoms with Crippen LogP contribution in [0.4, 0.5) is 0 Å². The van der Waals surface area contributed by atoms with Gasteiger partial charge in [0, 0.05) is 12.8 Å². The third-order valence-electron chi connectivity index (χ3n) is 2.11. The van der Waals surface area contributed by atoms with E-state index in [1.807, 2.05) is 0 Å². The molecule has 1 unspecified atom stereocenters. The van der Waals surface area contributed by atoms with Gasteiger partial charge >= 0.3 is 0 Å². The predicted octanol–water partition coefficient (Wildman–Crippen LogP) is 0.820. The fourth-order valence-corrected chi connectivity index (χ4v) is 1.44. The van der Waals surface area contributed by atoms with E-state index in [0.717, 1.165) is 19.4 Å². The maximum absolute atomic E-state index is 8.87. The van der Waals surface area contributed by atoms with Gasteiger partial charge in [0.1, 0.15) is 6.10 Å². The first-order valence-corrected chi connectivity index (χ1v) is 4.44. The molecule has 2 heterocycles. The Hall–Kier alpha value is -1.00. The molecule has 13 heavy (non-hydrogen) atoms. The summed E-state index contributed by atoms with van der Waals surface area (Å²) < 4.78 is 5.43. The first kappa shape index (κ1) is 8.59. The van der Waals surface area contributed by atoms with Crippen LogP contribution in [0.5, 0.6) is 0 Å². The maximum Gasteiger partial charge on any atom is 0.157 e. The minimum Gasteiger partial charge on any atom is -0.390 e. The quantitative estimate of drug-likeness (QED) is 0.732. The number of nitrogens with zero attached hydrogens (tertiary/aromatic N) is 2. The van der Waals surface area contributed by atoms with Crippen LogP contribution in [0.15, 0.2) is 12.3 Å². The number of hydrogen-bond donors (Lipinski definition) is 1. The Morgan fingerprint density at radius 2 is 2.54 bits per heavy atom. The van der Waals surface area contributed by atoms with Gasteiger partial charge < -0.3 is 9.84 Å². The van der Waals surface area contributed by atoms with Gasteiger partial charge in [0.25, 0.3) is 0 Å². The number of aliphatic hydroxyl groups is 1. The number of hydrogen-bond acceptors (Lipinski definition) is 4. The van der Waals surface area contributed by atoms with E-state index in [0.29, 0.717) is 11.5 Å². The highest BCUT2D eigenvalue weighted by atomic mass is 16.5. The van der Waals surface area contributed by atoms with Crippen LogP contribution in [-0.2, 0) is 11.3 Å². The van der Waals surface area contributed by atoms with Gasteiger partial charge in [0.15, 0.2) is 5.82 Å². The Bertz CT molecular complexity index is 285. The van der Waals surface area contributed by atoms with Crippen molar-refractivity contribution in [3.05, 3.63) is 23.8 Å². The highest BCUT2D eigenvalue weighted by Crippen LogP contribution is 2.25. The zero-order chi connectivity index (χ0) is 9.10. The van der Waals surface area contributed by atoms with Gasteiger partial charge in [-0.05, 0) is 18.9 Å². The molecule has 0 spiro atoms. The van der Waals surface area contributed by atoms with Crippen molar-refractivity contribution in [1.29, 1.82) is 0 Å². The van der Waals surface area contributed by atoms with Crippen LogP contribution in [0.3, 0.4) is 0 Å². The molecular formula is C9H12N2O2. The van der Waals surface area contributed by atoms with Crippen molar-refractivity contribution in [2.24, 2.45) is 0 Å². The molecule has 1 aromatic rings. The minimum atomic E-state index is -0.0394. The molecule has 4 heteroatoms. The van der Waals surface area contributed by atoms with Crippen LogP contribution < -0.4 is 0 Å². The molecule has 0 amide bonds. The molecule has 0 bridgehead atoms. The van der Waals surface area contributed by atoms with Crippen LogP contribution in [0.1, 0.15) is 30.5 Å². The summed E-state index contributed by atoms with van der Waals surface area (Å²) in [4.78, 5) is 8.31. The van der Waals surface area contributed by atoms with Gasteiger partial charge in [-0.25, -0.2) is 9.97 Å². The molecular weight excluding hydrogens is 168 g/mol. The summed E-state index contributed by atoms with van der Waals surface area (Å²) in [6, 6.07) is 1.71. The Balaban J connectivity index is 2.18. The van der Waals surface area contributed by atoms with Crippen LogP contribution in [0, 0.1) is 0 Å². The summed E-state index contributed by atoms with van der Waals surface area (Å²) in [5.41, 5.74) is 0.653. The van der Waals surface area contributed by atoms with Crippen LogP contribution in [0.2, 0.25) is 0 Å². The second-order valence-corrected chi connectivity index (χ2v) is 3.07. The van der Waals surface area contributed by atoms with Crippen LogP contribution >= 0.6 is 0 Å². The highest BCUT2D eigenvalue weighted by molar-refractivity contribution is 5.03. The fraction of sp³-hybridized carbons (Fsp3) is 0.556. The van der Waals surface area contributed by atoms with E-state index in [1.54, 1.807) is 12.3 Å². The van der Waals surface area contributed by atoms with Gasteiger partial charge in [-0.15, -0.1) is 0 Å². The van der Waals surface area contributed by atoms with E-state index >= 15 is 0 Å². The van der Waals surface area contributed by atoms with Crippen LogP contribution in [-0.4, -0.2) is 21.7 Å². The van der Waals surface area contributed by atoms with Gasteiger partial charge in [-0.1, -0.05) is 0 Å². The molecule has 1 N–H and O–H groups in total. The van der Waals surface area contributed by atoms with Gasteiger partial charge in [0.2, 0.25) is 0 Å². The average Bonchev–Trinajstić information content (AvgIpc) is 2.71. The lowest BCUT2D eigenvalue weighted by molar-refractivity contribution is 0.104. The third kappa shape index (κ3) is 1.84. The molecule has 0 saturated carbocycles. The smallest absolute Gasteiger partial charge is 0.157 e. The summed E-state index contributed by atoms with van der Waals surface area (Å²) in [5, 5.41) is 8.87. The topological polar surface area (TPSA) is 55.2 Å². The highest BCUT2D eigenvalue weighted by Gasteiger charge is 2.20. The summed E-state index contributed by atoms with van der Waals surface area (Å²) in [5.74, 6) is 0.698. The van der Waals surface area contributed by atoms with Crippen molar-refractivity contribution >= 4 is 0 Å². The second-order valence-electron chi connectivity index (χ2n) is 3.07. The normalized spacial score (nSPS) is 22.1. The van der Waals surface area contributed by atoms with Gasteiger partial charge in [-0.3, -0.25) is 0 Å². The van der Waals surface area contributed by atoms with E-state index in [4.69, 9.17) is 9.84 Å². The van der Waals surface area contributed by atoms with E-state index < -0.39 is 0 Å². The zero-order valence-electron chi connectivity index (χ0n) is 7.31. The largest absolute Gasteiger partial charge is 0.390 e. The number of aliphatic hydroxyl groups excluding tert-OH is 1. The summed E-state index contributed by atoms with van der Waals surface area (Å²) in [7, 11) is 0. The summed E-state index contributed by atoms with van der Waals surface area (Å²) in [6.45, 7) is 0.750.